The first-order valence-corrected chi connectivity index (χ1v) is 22.9. The zero-order valence-corrected chi connectivity index (χ0v) is 40.1. The average Bonchev–Trinajstić information content (AvgIpc) is 3.63. The molecule has 0 aliphatic heterocycles. The molecule has 2 aromatic carbocycles. The number of aryl methyl sites for hydroxylation is 1. The fourth-order valence-corrected chi connectivity index (χ4v) is 7.57. The van der Waals surface area contributed by atoms with Gasteiger partial charge in [0.05, 0.1) is 48.2 Å². The number of carboxylic acid groups (broad SMARTS) is 1. The van der Waals surface area contributed by atoms with Crippen LogP contribution in [0.5, 0.6) is 0 Å². The zero-order chi connectivity index (χ0) is 50.1. The number of para-hydroxylation sites is 1. The number of imidazole rings is 1. The number of pyridine rings is 1. The predicted octanol–water partition coefficient (Wildman–Crippen LogP) is 5.80. The van der Waals surface area contributed by atoms with Gasteiger partial charge in [0.2, 0.25) is 11.9 Å². The minimum Gasteiger partial charge on any atom is -0.480 e. The Bertz CT molecular complexity index is 2880. The van der Waals surface area contributed by atoms with Crippen molar-refractivity contribution in [1.82, 2.24) is 45.1 Å². The normalized spacial score (nSPS) is 12.5. The molecule has 6 rings (SSSR count). The number of aromatic amines is 1. The van der Waals surface area contributed by atoms with E-state index in [1.807, 2.05) is 65.8 Å². The number of ether oxygens (including phenoxy) is 3. The second-order valence-corrected chi connectivity index (χ2v) is 18.7. The Labute approximate surface area is 398 Å². The number of nitrogens with zero attached hydrogens (tertiary/aromatic N) is 6. The lowest BCUT2D eigenvalue weighted by Crippen LogP contribution is -2.46. The van der Waals surface area contributed by atoms with Crippen molar-refractivity contribution in [2.75, 3.05) is 30.0 Å². The molecule has 0 aliphatic carbocycles. The number of anilines is 3. The third kappa shape index (κ3) is 13.8. The lowest BCUT2D eigenvalue weighted by molar-refractivity contribution is -0.139. The molecule has 9 N–H and O–H groups in total. The van der Waals surface area contributed by atoms with Crippen molar-refractivity contribution >= 4 is 74.5 Å². The van der Waals surface area contributed by atoms with E-state index >= 15 is 0 Å². The second kappa shape index (κ2) is 21.7. The van der Waals surface area contributed by atoms with Crippen LogP contribution in [0.2, 0.25) is 0 Å². The van der Waals surface area contributed by atoms with Crippen LogP contribution in [0.1, 0.15) is 109 Å². The van der Waals surface area contributed by atoms with Gasteiger partial charge in [-0.2, -0.15) is 4.98 Å². The van der Waals surface area contributed by atoms with Crippen molar-refractivity contribution < 1.29 is 38.5 Å². The number of unbranched alkanes of at least 4 members (excludes halogenated alkanes) is 1. The summed E-state index contributed by atoms with van der Waals surface area (Å²) in [5.74, 6) is -1.17. The first-order chi connectivity index (χ1) is 32.6. The second-order valence-electron chi connectivity index (χ2n) is 18.7. The third-order valence-corrected chi connectivity index (χ3v) is 11.3. The van der Waals surface area contributed by atoms with E-state index in [0.29, 0.717) is 42.1 Å². The molecule has 21 heteroatoms. The summed E-state index contributed by atoms with van der Waals surface area (Å²) in [5, 5.41) is 19.3. The fraction of sp³-hybridized carbons (Fsp3) is 0.458. The van der Waals surface area contributed by atoms with Crippen LogP contribution in [-0.4, -0.2) is 99.5 Å². The maximum Gasteiger partial charge on any atom is 0.508 e. The van der Waals surface area contributed by atoms with Crippen LogP contribution >= 0.6 is 0 Å². The highest BCUT2D eigenvalue weighted by Crippen LogP contribution is 2.31. The van der Waals surface area contributed by atoms with Gasteiger partial charge in [-0.15, -0.1) is 0 Å². The number of nitrogens with two attached hydrogens (primary N) is 2. The maximum atomic E-state index is 13.0. The minimum atomic E-state index is -1.32. The third-order valence-electron chi connectivity index (χ3n) is 11.3. The van der Waals surface area contributed by atoms with E-state index < -0.39 is 46.4 Å². The number of fused-ring (bicyclic) bond motifs is 4. The van der Waals surface area contributed by atoms with Crippen LogP contribution in [0.15, 0.2) is 59.5 Å². The van der Waals surface area contributed by atoms with Crippen LogP contribution in [0.4, 0.5) is 22.2 Å². The lowest BCUT2D eigenvalue weighted by Gasteiger charge is -2.30. The first kappa shape index (κ1) is 51.0. The number of carbonyl (C=O) groups excluding carboxylic acids is 3. The fourth-order valence-electron chi connectivity index (χ4n) is 7.57. The number of H-pyrrole nitrogens is 1. The van der Waals surface area contributed by atoms with E-state index in [4.69, 9.17) is 30.7 Å². The van der Waals surface area contributed by atoms with Crippen LogP contribution in [0.25, 0.3) is 33.1 Å². The van der Waals surface area contributed by atoms with Crippen LogP contribution in [0, 0.1) is 0 Å². The molecule has 1 unspecified atom stereocenters. The molecule has 0 fully saturated rings. The van der Waals surface area contributed by atoms with E-state index in [0.717, 1.165) is 41.5 Å². The van der Waals surface area contributed by atoms with Crippen molar-refractivity contribution in [3.8, 4) is 0 Å². The Balaban J connectivity index is 0.908. The molecule has 2 amide bonds. The molecular formula is C48H62N12O9. The minimum absolute atomic E-state index is 0.0392. The van der Waals surface area contributed by atoms with Gasteiger partial charge in [-0.05, 0) is 91.1 Å². The number of hydrogen-bond donors (Lipinski definition) is 7. The van der Waals surface area contributed by atoms with Gasteiger partial charge < -0.3 is 51.3 Å². The molecule has 4 heterocycles. The number of carboxylic acids is 1. The van der Waals surface area contributed by atoms with Crippen LogP contribution in [-0.2, 0) is 43.3 Å². The number of carbonyl (C=O) groups is 4. The topological polar surface area (TPSA) is 307 Å². The number of aliphatic carboxylic acids is 1. The number of nitrogen functional groups attached to an aromatic ring is 2. The molecule has 4 aromatic heterocycles. The number of nitrogens with one attached hydrogen (secondary N) is 4. The van der Waals surface area contributed by atoms with Crippen molar-refractivity contribution in [2.24, 2.45) is 0 Å². The van der Waals surface area contributed by atoms with Crippen molar-refractivity contribution in [3.05, 3.63) is 82.2 Å². The Kier molecular flexibility index (Phi) is 16.0. The molecule has 0 radical (unpaired) electrons. The number of rotatable bonds is 23. The summed E-state index contributed by atoms with van der Waals surface area (Å²) < 4.78 is 19.6. The van der Waals surface area contributed by atoms with Crippen molar-refractivity contribution in [2.45, 2.75) is 129 Å². The Morgan fingerprint density at radius 3 is 2.36 bits per heavy atom. The van der Waals surface area contributed by atoms with Gasteiger partial charge in [-0.25, -0.2) is 29.5 Å². The summed E-state index contributed by atoms with van der Waals surface area (Å²) in [6.45, 7) is 14.0. The highest BCUT2D eigenvalue weighted by molar-refractivity contribution is 6.06. The summed E-state index contributed by atoms with van der Waals surface area (Å²) in [6, 6.07) is 12.7. The molecule has 21 nitrogen and oxygen atoms in total. The molecule has 0 spiro atoms. The summed E-state index contributed by atoms with van der Waals surface area (Å²) in [5.41, 5.74) is 12.7. The Hall–Kier alpha value is -7.42. The summed E-state index contributed by atoms with van der Waals surface area (Å²) in [4.78, 5) is 87.5. The number of hydrogen-bond acceptors (Lipinski definition) is 16. The van der Waals surface area contributed by atoms with Gasteiger partial charge in [-0.3, -0.25) is 19.4 Å². The predicted molar refractivity (Wildman–Crippen MR) is 260 cm³/mol. The monoisotopic (exact) mass is 950 g/mol. The summed E-state index contributed by atoms with van der Waals surface area (Å²) in [7, 11) is 0. The standard InChI is InChI=1S/C48H62N12O9/c1-8-9-14-34-56-36-38(31-12-10-11-13-32(31)54-39(36)49)60(34)27-48(6,7)69-45(66)67-23-22-47(4,5)68-24-21-46(2,3)59-35(61)20-19-33(43(64)65)55-41(62)28-15-17-29(18-16-28)51-25-30-26-52-40-37(53-30)42(63)58-44(50)57-40/h10-13,15-18,26,33,51H,8-9,14,19-25,27H2,1-7H3,(H2,49,54)(H,55,62)(H,59,61)(H,64,65)(H3,50,52,57,58,63). The van der Waals surface area contributed by atoms with E-state index in [9.17, 15) is 29.1 Å². The average molecular weight is 951 g/mol. The van der Waals surface area contributed by atoms with Gasteiger partial charge in [0, 0.05) is 48.0 Å². The van der Waals surface area contributed by atoms with Gasteiger partial charge in [0.15, 0.2) is 17.0 Å². The Morgan fingerprint density at radius 2 is 1.64 bits per heavy atom. The molecule has 0 saturated carbocycles. The van der Waals surface area contributed by atoms with Crippen molar-refractivity contribution in [3.63, 3.8) is 0 Å². The number of aromatic nitrogens is 7. The highest BCUT2D eigenvalue weighted by atomic mass is 16.7. The van der Waals surface area contributed by atoms with Gasteiger partial charge in [-0.1, -0.05) is 31.5 Å². The smallest absolute Gasteiger partial charge is 0.480 e. The van der Waals surface area contributed by atoms with E-state index in [2.05, 4.69) is 52.4 Å². The van der Waals surface area contributed by atoms with Crippen LogP contribution < -0.4 is 33.0 Å². The number of benzene rings is 2. The molecule has 0 aliphatic rings. The first-order valence-electron chi connectivity index (χ1n) is 22.9. The van der Waals surface area contributed by atoms with E-state index in [1.54, 1.807) is 12.1 Å². The quantitative estimate of drug-likeness (QED) is 0.0374. The SMILES string of the molecule is CCCCc1nc2c(N)nc3ccccc3c2n1CC(C)(C)OC(=O)OCCC(C)(C)OCCC(C)(C)NC(=O)CCC(NC(=O)c1ccc(NCc2cnc3nc(N)[nH]c(=O)c3n2)cc1)C(=O)O. The zero-order valence-electron chi connectivity index (χ0n) is 40.1. The van der Waals surface area contributed by atoms with Gasteiger partial charge >= 0.3 is 12.1 Å². The molecular weight excluding hydrogens is 889 g/mol. The molecule has 1 atom stereocenters. The van der Waals surface area contributed by atoms with Crippen molar-refractivity contribution in [1.29, 1.82) is 0 Å². The van der Waals surface area contributed by atoms with Crippen LogP contribution in [0.3, 0.4) is 0 Å². The van der Waals surface area contributed by atoms with E-state index in [1.165, 1.54) is 18.3 Å². The summed E-state index contributed by atoms with van der Waals surface area (Å²) >= 11 is 0. The largest absolute Gasteiger partial charge is 0.508 e. The molecule has 6 aromatic rings. The van der Waals surface area contributed by atoms with Gasteiger partial charge in [0.25, 0.3) is 11.5 Å². The molecule has 0 bridgehead atoms. The molecule has 368 valence electrons. The maximum absolute atomic E-state index is 13.0. The highest BCUT2D eigenvalue weighted by Gasteiger charge is 2.30. The number of amides is 2. The molecule has 0 saturated heterocycles. The Morgan fingerprint density at radius 1 is 0.899 bits per heavy atom. The molecule has 69 heavy (non-hydrogen) atoms. The van der Waals surface area contributed by atoms with Gasteiger partial charge in [0.1, 0.15) is 23.0 Å². The van der Waals surface area contributed by atoms with E-state index in [-0.39, 0.29) is 61.2 Å². The lowest BCUT2D eigenvalue weighted by atomic mass is 9.99. The summed E-state index contributed by atoms with van der Waals surface area (Å²) in [6.07, 6.45) is 3.77.